The smallest absolute Gasteiger partial charge is 0.222 e. The van der Waals surface area contributed by atoms with Crippen molar-refractivity contribution in [3.05, 3.63) is 41.3 Å². The molecule has 3 heterocycles. The van der Waals surface area contributed by atoms with E-state index in [-0.39, 0.29) is 5.91 Å². The molecule has 6 nitrogen and oxygen atoms in total. The van der Waals surface area contributed by atoms with Crippen molar-refractivity contribution in [3.8, 4) is 0 Å². The molecule has 2 aromatic heterocycles. The van der Waals surface area contributed by atoms with E-state index in [1.54, 1.807) is 18.5 Å². The number of rotatable bonds is 6. The number of carbonyl (C=O) groups is 1. The molecule has 0 aromatic carbocycles. The fourth-order valence-corrected chi connectivity index (χ4v) is 2.96. The molecule has 1 fully saturated rings. The van der Waals surface area contributed by atoms with Crippen molar-refractivity contribution >= 4 is 40.3 Å². The van der Waals surface area contributed by atoms with E-state index in [1.165, 1.54) is 6.20 Å². The number of allylic oxidation sites excluding steroid dienone is 1. The number of aliphatic imine (C=N–C) groups is 1. The Morgan fingerprint density at radius 3 is 3.04 bits per heavy atom. The summed E-state index contributed by atoms with van der Waals surface area (Å²) < 4.78 is 0. The zero-order valence-corrected chi connectivity index (χ0v) is 14.6. The molecule has 1 aliphatic heterocycles. The highest BCUT2D eigenvalue weighted by molar-refractivity contribution is 6.29. The summed E-state index contributed by atoms with van der Waals surface area (Å²) in [5.74, 6) is 0.250. The lowest BCUT2D eigenvalue weighted by molar-refractivity contribution is -0.127. The van der Waals surface area contributed by atoms with E-state index in [0.717, 1.165) is 42.6 Å². The van der Waals surface area contributed by atoms with Crippen LogP contribution < -0.4 is 5.73 Å². The molecule has 0 bridgehead atoms. The highest BCUT2D eigenvalue weighted by atomic mass is 35.5. The van der Waals surface area contributed by atoms with Crippen molar-refractivity contribution in [3.63, 3.8) is 0 Å². The summed E-state index contributed by atoms with van der Waals surface area (Å²) in [5.41, 5.74) is 8.83. The second-order valence-corrected chi connectivity index (χ2v) is 6.28. The highest BCUT2D eigenvalue weighted by Gasteiger charge is 2.18. The lowest BCUT2D eigenvalue weighted by Gasteiger charge is -2.13. The third kappa shape index (κ3) is 4.33. The molecule has 0 saturated carbocycles. The number of amides is 1. The van der Waals surface area contributed by atoms with Crippen LogP contribution in [-0.4, -0.2) is 46.6 Å². The molecular formula is C18H20ClN5O. The SMILES string of the molecule is NC=C(C=NCCCN1CCCC1=O)c1cnc2ccc(Cl)nc2c1. The molecule has 2 N–H and O–H groups in total. The second-order valence-electron chi connectivity index (χ2n) is 5.89. The van der Waals surface area contributed by atoms with Gasteiger partial charge in [0.25, 0.3) is 0 Å². The van der Waals surface area contributed by atoms with Gasteiger partial charge in [0, 0.05) is 55.8 Å². The van der Waals surface area contributed by atoms with Crippen LogP contribution in [0.25, 0.3) is 16.6 Å². The second kappa shape index (κ2) is 8.07. The molecule has 0 aliphatic carbocycles. The van der Waals surface area contributed by atoms with E-state index in [1.807, 2.05) is 17.0 Å². The molecule has 0 unspecified atom stereocenters. The number of hydrogen-bond donors (Lipinski definition) is 1. The summed E-state index contributed by atoms with van der Waals surface area (Å²) in [7, 11) is 0. The molecular weight excluding hydrogens is 338 g/mol. The molecule has 1 aliphatic rings. The molecule has 2 aromatic rings. The first-order chi connectivity index (χ1) is 12.2. The van der Waals surface area contributed by atoms with Gasteiger partial charge < -0.3 is 10.6 Å². The summed E-state index contributed by atoms with van der Waals surface area (Å²) in [4.78, 5) is 26.5. The zero-order chi connectivity index (χ0) is 17.6. The topological polar surface area (TPSA) is 84.5 Å². The third-order valence-corrected chi connectivity index (χ3v) is 4.34. The van der Waals surface area contributed by atoms with Gasteiger partial charge in [-0.25, -0.2) is 4.98 Å². The van der Waals surface area contributed by atoms with Crippen molar-refractivity contribution in [1.82, 2.24) is 14.9 Å². The molecule has 130 valence electrons. The Morgan fingerprint density at radius 1 is 1.40 bits per heavy atom. The van der Waals surface area contributed by atoms with Crippen molar-refractivity contribution in [2.75, 3.05) is 19.6 Å². The molecule has 25 heavy (non-hydrogen) atoms. The minimum absolute atomic E-state index is 0.250. The van der Waals surface area contributed by atoms with Gasteiger partial charge in [0.05, 0.1) is 11.0 Å². The highest BCUT2D eigenvalue weighted by Crippen LogP contribution is 2.18. The number of nitrogens with two attached hydrogens (primary N) is 1. The van der Waals surface area contributed by atoms with Gasteiger partial charge in [0.15, 0.2) is 0 Å². The van der Waals surface area contributed by atoms with Crippen molar-refractivity contribution in [2.45, 2.75) is 19.3 Å². The molecule has 0 spiro atoms. The van der Waals surface area contributed by atoms with E-state index in [9.17, 15) is 4.79 Å². The van der Waals surface area contributed by atoms with Gasteiger partial charge in [-0.3, -0.25) is 14.8 Å². The zero-order valence-electron chi connectivity index (χ0n) is 13.9. The largest absolute Gasteiger partial charge is 0.404 e. The molecule has 0 radical (unpaired) electrons. The Hall–Kier alpha value is -2.47. The summed E-state index contributed by atoms with van der Waals surface area (Å²) in [5, 5.41) is 0.426. The van der Waals surface area contributed by atoms with Gasteiger partial charge in [0.2, 0.25) is 5.91 Å². The number of nitrogens with zero attached hydrogens (tertiary/aromatic N) is 4. The Morgan fingerprint density at radius 2 is 2.28 bits per heavy atom. The third-order valence-electron chi connectivity index (χ3n) is 4.13. The minimum atomic E-state index is 0.250. The predicted molar refractivity (Wildman–Crippen MR) is 101 cm³/mol. The first-order valence-electron chi connectivity index (χ1n) is 8.29. The first kappa shape index (κ1) is 17.4. The fourth-order valence-electron chi connectivity index (χ4n) is 2.81. The number of hydrogen-bond acceptors (Lipinski definition) is 5. The van der Waals surface area contributed by atoms with Crippen LogP contribution in [0.15, 0.2) is 35.6 Å². The van der Waals surface area contributed by atoms with Gasteiger partial charge >= 0.3 is 0 Å². The minimum Gasteiger partial charge on any atom is -0.404 e. The molecule has 1 amide bonds. The molecule has 7 heteroatoms. The predicted octanol–water partition coefficient (Wildman–Crippen LogP) is 2.67. The van der Waals surface area contributed by atoms with Crippen LogP contribution in [0.4, 0.5) is 0 Å². The van der Waals surface area contributed by atoms with Gasteiger partial charge in [-0.15, -0.1) is 0 Å². The summed E-state index contributed by atoms with van der Waals surface area (Å²) >= 11 is 5.93. The maximum absolute atomic E-state index is 11.5. The van der Waals surface area contributed by atoms with Crippen LogP contribution in [0.2, 0.25) is 5.15 Å². The molecule has 3 rings (SSSR count). The number of likely N-dealkylation sites (tertiary alicyclic amines) is 1. The average molecular weight is 358 g/mol. The summed E-state index contributed by atoms with van der Waals surface area (Å²) in [6, 6.07) is 5.43. The lowest BCUT2D eigenvalue weighted by Crippen LogP contribution is -2.26. The van der Waals surface area contributed by atoms with E-state index in [2.05, 4.69) is 15.0 Å². The first-order valence-corrected chi connectivity index (χ1v) is 8.67. The van der Waals surface area contributed by atoms with Crippen LogP contribution in [0.1, 0.15) is 24.8 Å². The van der Waals surface area contributed by atoms with Crippen molar-refractivity contribution in [2.24, 2.45) is 10.7 Å². The van der Waals surface area contributed by atoms with Gasteiger partial charge in [-0.2, -0.15) is 0 Å². The standard InChI is InChI=1S/C18H20ClN5O/c19-17-5-4-15-16(23-17)9-13(12-22-15)14(10-20)11-21-6-2-8-24-7-1-3-18(24)25/h4-5,9-12H,1-3,6-8,20H2. The number of fused-ring (bicyclic) bond motifs is 1. The summed E-state index contributed by atoms with van der Waals surface area (Å²) in [6.07, 6.45) is 7.46. The Balaban J connectivity index is 1.61. The molecule has 0 atom stereocenters. The normalized spacial score (nSPS) is 15.6. The Labute approximate surface area is 151 Å². The van der Waals surface area contributed by atoms with Crippen molar-refractivity contribution in [1.29, 1.82) is 0 Å². The van der Waals surface area contributed by atoms with Gasteiger partial charge in [0.1, 0.15) is 5.15 Å². The Bertz CT molecular complexity index is 833. The number of aromatic nitrogens is 2. The number of carbonyl (C=O) groups excluding carboxylic acids is 1. The number of pyridine rings is 2. The van der Waals surface area contributed by atoms with Crippen LogP contribution >= 0.6 is 11.6 Å². The lowest BCUT2D eigenvalue weighted by atomic mass is 10.1. The average Bonchev–Trinajstić information content (AvgIpc) is 3.02. The van der Waals surface area contributed by atoms with Crippen LogP contribution in [0.3, 0.4) is 0 Å². The van der Waals surface area contributed by atoms with Crippen LogP contribution in [0.5, 0.6) is 0 Å². The van der Waals surface area contributed by atoms with E-state index < -0.39 is 0 Å². The fraction of sp³-hybridized carbons (Fsp3) is 0.333. The van der Waals surface area contributed by atoms with Crippen LogP contribution in [-0.2, 0) is 4.79 Å². The maximum atomic E-state index is 11.5. The summed E-state index contributed by atoms with van der Waals surface area (Å²) in [6.45, 7) is 2.28. The number of halogens is 1. The monoisotopic (exact) mass is 357 g/mol. The van der Waals surface area contributed by atoms with E-state index in [4.69, 9.17) is 17.3 Å². The van der Waals surface area contributed by atoms with E-state index in [0.29, 0.717) is 23.6 Å². The van der Waals surface area contributed by atoms with Gasteiger partial charge in [-0.05, 0) is 31.0 Å². The quantitative estimate of drug-likeness (QED) is 0.489. The van der Waals surface area contributed by atoms with E-state index >= 15 is 0 Å². The Kier molecular flexibility index (Phi) is 5.60. The van der Waals surface area contributed by atoms with Crippen molar-refractivity contribution < 1.29 is 4.79 Å². The van der Waals surface area contributed by atoms with Gasteiger partial charge in [-0.1, -0.05) is 11.6 Å². The molecule has 1 saturated heterocycles. The maximum Gasteiger partial charge on any atom is 0.222 e. The van der Waals surface area contributed by atoms with Crippen LogP contribution in [0, 0.1) is 0 Å².